The highest BCUT2D eigenvalue weighted by Gasteiger charge is 2.36. The third kappa shape index (κ3) is 3.29. The van der Waals surface area contributed by atoms with Crippen molar-refractivity contribution in [3.05, 3.63) is 69.9 Å². The number of hydrogen-bond donors (Lipinski definition) is 1. The van der Waals surface area contributed by atoms with Crippen molar-refractivity contribution in [1.29, 1.82) is 0 Å². The van der Waals surface area contributed by atoms with Gasteiger partial charge in [0.25, 0.3) is 0 Å². The molecule has 2 heterocycles. The van der Waals surface area contributed by atoms with E-state index < -0.39 is 5.92 Å². The summed E-state index contributed by atoms with van der Waals surface area (Å²) >= 11 is 6.28. The van der Waals surface area contributed by atoms with Gasteiger partial charge in [0, 0.05) is 22.6 Å². The minimum absolute atomic E-state index is 0.0735. The predicted octanol–water partition coefficient (Wildman–Crippen LogP) is 4.46. The fourth-order valence-corrected chi connectivity index (χ4v) is 3.92. The Morgan fingerprint density at radius 1 is 1.24 bits per heavy atom. The lowest BCUT2D eigenvalue weighted by molar-refractivity contribution is -0.116. The summed E-state index contributed by atoms with van der Waals surface area (Å²) in [6.45, 7) is 3.74. The monoisotopic (exact) mass is 409 g/mol. The molecule has 3 aromatic rings. The van der Waals surface area contributed by atoms with E-state index in [4.69, 9.17) is 16.3 Å². The molecule has 6 nitrogen and oxygen atoms in total. The molecule has 1 amide bonds. The molecule has 29 heavy (non-hydrogen) atoms. The number of carbonyl (C=O) groups excluding carboxylic acids is 2. The first-order valence-electron chi connectivity index (χ1n) is 9.23. The van der Waals surface area contributed by atoms with Crippen molar-refractivity contribution in [2.45, 2.75) is 26.2 Å². The lowest BCUT2D eigenvalue weighted by Crippen LogP contribution is -2.28. The van der Waals surface area contributed by atoms with Crippen LogP contribution in [0.15, 0.2) is 42.5 Å². The quantitative estimate of drug-likeness (QED) is 0.645. The van der Waals surface area contributed by atoms with Gasteiger partial charge in [-0.05, 0) is 43.7 Å². The third-order valence-electron chi connectivity index (χ3n) is 5.24. The third-order valence-corrected chi connectivity index (χ3v) is 5.65. The van der Waals surface area contributed by atoms with Crippen LogP contribution in [0, 0.1) is 13.8 Å². The second-order valence-electron chi connectivity index (χ2n) is 7.04. The largest absolute Gasteiger partial charge is 0.497 e. The minimum atomic E-state index is -0.612. The highest BCUT2D eigenvalue weighted by molar-refractivity contribution is 6.31. The van der Waals surface area contributed by atoms with Crippen molar-refractivity contribution in [1.82, 2.24) is 9.78 Å². The molecule has 1 aliphatic rings. The van der Waals surface area contributed by atoms with E-state index in [0.29, 0.717) is 27.8 Å². The first kappa shape index (κ1) is 19.2. The topological polar surface area (TPSA) is 73.2 Å². The number of amides is 1. The number of aryl methyl sites for hydroxylation is 1. The second-order valence-corrected chi connectivity index (χ2v) is 7.45. The van der Waals surface area contributed by atoms with Gasteiger partial charge in [-0.2, -0.15) is 5.10 Å². The first-order valence-corrected chi connectivity index (χ1v) is 9.61. The summed E-state index contributed by atoms with van der Waals surface area (Å²) in [4.78, 5) is 25.8. The van der Waals surface area contributed by atoms with E-state index in [1.165, 1.54) is 0 Å². The second kappa shape index (κ2) is 7.37. The zero-order valence-electron chi connectivity index (χ0n) is 16.3. The maximum atomic E-state index is 13.3. The summed E-state index contributed by atoms with van der Waals surface area (Å²) in [5.74, 6) is 0.146. The number of hydrogen-bond acceptors (Lipinski definition) is 4. The zero-order valence-corrected chi connectivity index (χ0v) is 17.1. The lowest BCUT2D eigenvalue weighted by Gasteiger charge is -2.23. The van der Waals surface area contributed by atoms with Gasteiger partial charge in [0.05, 0.1) is 24.4 Å². The van der Waals surface area contributed by atoms with Gasteiger partial charge in [-0.1, -0.05) is 29.8 Å². The number of rotatable bonds is 4. The Hall–Kier alpha value is -3.12. The van der Waals surface area contributed by atoms with Gasteiger partial charge in [0.1, 0.15) is 11.6 Å². The molecule has 1 aromatic heterocycles. The number of nitrogens with zero attached hydrogens (tertiary/aromatic N) is 2. The Labute approximate surface area is 173 Å². The molecule has 0 spiro atoms. The van der Waals surface area contributed by atoms with E-state index in [1.807, 2.05) is 26.0 Å². The molecule has 1 atom stereocenters. The normalized spacial score (nSPS) is 15.6. The van der Waals surface area contributed by atoms with Crippen LogP contribution >= 0.6 is 11.6 Å². The molecule has 1 unspecified atom stereocenters. The smallest absolute Gasteiger partial charge is 0.226 e. The molecule has 2 aromatic carbocycles. The number of carbonyl (C=O) groups is 2. The summed E-state index contributed by atoms with van der Waals surface area (Å²) in [5.41, 5.74) is 3.53. The van der Waals surface area contributed by atoms with Gasteiger partial charge in [0.2, 0.25) is 5.91 Å². The molecule has 0 radical (unpaired) electrons. The van der Waals surface area contributed by atoms with E-state index in [1.54, 1.807) is 42.1 Å². The van der Waals surface area contributed by atoms with Crippen LogP contribution in [0.2, 0.25) is 5.02 Å². The molecule has 4 rings (SSSR count). The van der Waals surface area contributed by atoms with Crippen molar-refractivity contribution in [3.63, 3.8) is 0 Å². The van der Waals surface area contributed by atoms with Gasteiger partial charge in [0.15, 0.2) is 5.78 Å². The van der Waals surface area contributed by atoms with Crippen LogP contribution in [0.1, 0.15) is 39.5 Å². The lowest BCUT2D eigenvalue weighted by atomic mass is 9.85. The number of aromatic nitrogens is 2. The van der Waals surface area contributed by atoms with Gasteiger partial charge in [-0.25, -0.2) is 4.68 Å². The number of anilines is 1. The highest BCUT2D eigenvalue weighted by atomic mass is 35.5. The van der Waals surface area contributed by atoms with Crippen molar-refractivity contribution in [2.24, 2.45) is 0 Å². The van der Waals surface area contributed by atoms with E-state index in [9.17, 15) is 9.59 Å². The number of benzene rings is 2. The number of ether oxygens (including phenoxy) is 1. The maximum Gasteiger partial charge on any atom is 0.226 e. The molecule has 7 heteroatoms. The Morgan fingerprint density at radius 2 is 2.00 bits per heavy atom. The maximum absolute atomic E-state index is 13.3. The van der Waals surface area contributed by atoms with E-state index in [0.717, 1.165) is 16.8 Å². The van der Waals surface area contributed by atoms with Crippen molar-refractivity contribution >= 4 is 29.1 Å². The fourth-order valence-electron chi connectivity index (χ4n) is 3.75. The molecule has 0 saturated heterocycles. The van der Waals surface area contributed by atoms with Crippen LogP contribution < -0.4 is 10.1 Å². The van der Waals surface area contributed by atoms with Gasteiger partial charge in [-0.15, -0.1) is 0 Å². The molecule has 148 valence electrons. The fraction of sp³-hybridized carbons (Fsp3) is 0.227. The van der Waals surface area contributed by atoms with E-state index in [2.05, 4.69) is 10.4 Å². The molecule has 0 fully saturated rings. The predicted molar refractivity (Wildman–Crippen MR) is 111 cm³/mol. The summed E-state index contributed by atoms with van der Waals surface area (Å²) in [5, 5.41) is 8.13. The van der Waals surface area contributed by atoms with Crippen LogP contribution in [-0.2, 0) is 4.79 Å². The molecular formula is C22H20ClN3O3. The first-order chi connectivity index (χ1) is 13.9. The van der Waals surface area contributed by atoms with Crippen molar-refractivity contribution in [2.75, 3.05) is 12.4 Å². The Morgan fingerprint density at radius 3 is 2.76 bits per heavy atom. The number of nitrogens with one attached hydrogen (secondary N) is 1. The van der Waals surface area contributed by atoms with Crippen LogP contribution in [-0.4, -0.2) is 28.6 Å². The minimum Gasteiger partial charge on any atom is -0.497 e. The number of methoxy groups -OCH3 is 1. The summed E-state index contributed by atoms with van der Waals surface area (Å²) in [7, 11) is 1.55. The van der Waals surface area contributed by atoms with Crippen LogP contribution in [0.25, 0.3) is 5.69 Å². The Bertz CT molecular complexity index is 1140. The Kier molecular flexibility index (Phi) is 4.88. The standard InChI is InChI=1S/C22H20ClN3O3/c1-12-17(23)8-5-9-18(12)26-22-20(13(2)25-26)16(11-19(27)24-22)21(28)14-6-4-7-15(10-14)29-3/h4-10,16H,11H2,1-3H3,(H,24,27). The zero-order chi connectivity index (χ0) is 20.7. The van der Waals surface area contributed by atoms with Gasteiger partial charge >= 0.3 is 0 Å². The molecule has 1 aliphatic heterocycles. The van der Waals surface area contributed by atoms with Crippen LogP contribution in [0.5, 0.6) is 5.75 Å². The van der Waals surface area contributed by atoms with Crippen molar-refractivity contribution < 1.29 is 14.3 Å². The summed E-state index contributed by atoms with van der Waals surface area (Å²) in [6.07, 6.45) is 0.0735. The number of ketones is 1. The van der Waals surface area contributed by atoms with E-state index in [-0.39, 0.29) is 18.1 Å². The van der Waals surface area contributed by atoms with E-state index >= 15 is 0 Å². The number of Topliss-reactive ketones (excluding diaryl/α,β-unsaturated/α-hetero) is 1. The number of fused-ring (bicyclic) bond motifs is 1. The van der Waals surface area contributed by atoms with Gasteiger partial charge in [-0.3, -0.25) is 9.59 Å². The summed E-state index contributed by atoms with van der Waals surface area (Å²) < 4.78 is 6.89. The van der Waals surface area contributed by atoms with Crippen LogP contribution in [0.4, 0.5) is 5.82 Å². The number of halogens is 1. The molecule has 0 aliphatic carbocycles. The highest BCUT2D eigenvalue weighted by Crippen LogP contribution is 2.39. The average molecular weight is 410 g/mol. The van der Waals surface area contributed by atoms with Crippen LogP contribution in [0.3, 0.4) is 0 Å². The average Bonchev–Trinajstić information content (AvgIpc) is 3.05. The molecule has 0 saturated carbocycles. The Balaban J connectivity index is 1.84. The molecule has 1 N–H and O–H groups in total. The molecular weight excluding hydrogens is 390 g/mol. The van der Waals surface area contributed by atoms with Gasteiger partial charge < -0.3 is 10.1 Å². The summed E-state index contributed by atoms with van der Waals surface area (Å²) in [6, 6.07) is 12.5. The SMILES string of the molecule is COc1cccc(C(=O)C2CC(=O)Nc3c2c(C)nn3-c2cccc(Cl)c2C)c1. The van der Waals surface area contributed by atoms with Crippen molar-refractivity contribution in [3.8, 4) is 11.4 Å². The molecule has 0 bridgehead atoms.